The summed E-state index contributed by atoms with van der Waals surface area (Å²) in [5.74, 6) is 2.29. The van der Waals surface area contributed by atoms with Gasteiger partial charge in [0, 0.05) is 11.8 Å². The van der Waals surface area contributed by atoms with Gasteiger partial charge >= 0.3 is 0 Å². The van der Waals surface area contributed by atoms with Gasteiger partial charge in [0.15, 0.2) is 5.82 Å². The molecule has 3 rings (SSSR count). The summed E-state index contributed by atoms with van der Waals surface area (Å²) in [6, 6.07) is 13.4. The second kappa shape index (κ2) is 7.48. The molecule has 0 atom stereocenters. The van der Waals surface area contributed by atoms with Crippen molar-refractivity contribution in [2.75, 3.05) is 24.9 Å². The van der Waals surface area contributed by atoms with Crippen LogP contribution < -0.4 is 20.1 Å². The molecule has 0 bridgehead atoms. The highest BCUT2D eigenvalue weighted by Crippen LogP contribution is 2.30. The Morgan fingerprint density at radius 3 is 2.60 bits per heavy atom. The zero-order chi connectivity index (χ0) is 17.6. The van der Waals surface area contributed by atoms with E-state index in [0.29, 0.717) is 29.0 Å². The van der Waals surface area contributed by atoms with Gasteiger partial charge in [-0.1, -0.05) is 12.1 Å². The first-order valence-electron chi connectivity index (χ1n) is 7.70. The molecule has 7 nitrogen and oxygen atoms in total. The molecule has 1 heterocycles. The average Bonchev–Trinajstić information content (AvgIpc) is 2.62. The molecule has 0 unspecified atom stereocenters. The number of anilines is 4. The smallest absolute Gasteiger partial charge is 0.249 e. The van der Waals surface area contributed by atoms with Gasteiger partial charge in [0.2, 0.25) is 5.95 Å². The highest BCUT2D eigenvalue weighted by molar-refractivity contribution is 5.65. The van der Waals surface area contributed by atoms with E-state index in [0.717, 1.165) is 11.3 Å². The van der Waals surface area contributed by atoms with Crippen LogP contribution in [0.25, 0.3) is 0 Å². The zero-order valence-corrected chi connectivity index (χ0v) is 14.3. The molecule has 3 aromatic rings. The normalized spacial score (nSPS) is 10.2. The molecule has 0 amide bonds. The molecule has 2 aromatic carbocycles. The quantitative estimate of drug-likeness (QED) is 0.710. The SMILES string of the molecule is COc1ccc(OC)c(Nc2nncc(Nc3cccc(C)c3)n2)c1. The second-order valence-electron chi connectivity index (χ2n) is 5.35. The fourth-order valence-corrected chi connectivity index (χ4v) is 2.32. The summed E-state index contributed by atoms with van der Waals surface area (Å²) in [5, 5.41) is 14.3. The maximum atomic E-state index is 5.35. The van der Waals surface area contributed by atoms with Crippen molar-refractivity contribution in [2.45, 2.75) is 6.92 Å². The maximum Gasteiger partial charge on any atom is 0.249 e. The maximum absolute atomic E-state index is 5.35. The number of ether oxygens (including phenoxy) is 2. The summed E-state index contributed by atoms with van der Waals surface area (Å²) in [6.45, 7) is 2.03. The minimum atomic E-state index is 0.351. The van der Waals surface area contributed by atoms with Gasteiger partial charge in [-0.25, -0.2) is 0 Å². The molecule has 0 saturated carbocycles. The van der Waals surface area contributed by atoms with Crippen molar-refractivity contribution in [3.05, 3.63) is 54.2 Å². The minimum absolute atomic E-state index is 0.351. The molecule has 0 aliphatic rings. The molecule has 0 saturated heterocycles. The van der Waals surface area contributed by atoms with E-state index in [2.05, 4.69) is 25.8 Å². The average molecular weight is 337 g/mol. The summed E-state index contributed by atoms with van der Waals surface area (Å²) in [5.41, 5.74) is 2.79. The van der Waals surface area contributed by atoms with Crippen LogP contribution in [0.4, 0.5) is 23.1 Å². The van der Waals surface area contributed by atoms with E-state index >= 15 is 0 Å². The van der Waals surface area contributed by atoms with Gasteiger partial charge in [-0.2, -0.15) is 10.1 Å². The number of rotatable bonds is 6. The van der Waals surface area contributed by atoms with Crippen molar-refractivity contribution in [1.82, 2.24) is 15.2 Å². The minimum Gasteiger partial charge on any atom is -0.497 e. The van der Waals surface area contributed by atoms with Crippen LogP contribution in [-0.2, 0) is 0 Å². The molecular formula is C18H19N5O2. The van der Waals surface area contributed by atoms with E-state index in [1.54, 1.807) is 20.4 Å². The van der Waals surface area contributed by atoms with Gasteiger partial charge in [-0.3, -0.25) is 0 Å². The highest BCUT2D eigenvalue weighted by Gasteiger charge is 2.08. The van der Waals surface area contributed by atoms with Crippen molar-refractivity contribution in [1.29, 1.82) is 0 Å². The molecule has 2 N–H and O–H groups in total. The summed E-state index contributed by atoms with van der Waals surface area (Å²) in [7, 11) is 3.21. The number of methoxy groups -OCH3 is 2. The Morgan fingerprint density at radius 2 is 1.84 bits per heavy atom. The van der Waals surface area contributed by atoms with Crippen LogP contribution >= 0.6 is 0 Å². The van der Waals surface area contributed by atoms with Crippen molar-refractivity contribution in [3.63, 3.8) is 0 Å². The molecule has 7 heteroatoms. The Kier molecular flexibility index (Phi) is 4.94. The van der Waals surface area contributed by atoms with E-state index < -0.39 is 0 Å². The molecule has 0 spiro atoms. The summed E-state index contributed by atoms with van der Waals surface area (Å²) < 4.78 is 10.6. The van der Waals surface area contributed by atoms with Crippen LogP contribution in [0, 0.1) is 6.92 Å². The van der Waals surface area contributed by atoms with Gasteiger partial charge in [0.25, 0.3) is 0 Å². The lowest BCUT2D eigenvalue weighted by Crippen LogP contribution is -2.03. The molecule has 0 aliphatic heterocycles. The third kappa shape index (κ3) is 4.14. The molecule has 25 heavy (non-hydrogen) atoms. The third-order valence-corrected chi connectivity index (χ3v) is 3.50. The van der Waals surface area contributed by atoms with Gasteiger partial charge in [0.1, 0.15) is 11.5 Å². The predicted octanol–water partition coefficient (Wildman–Crippen LogP) is 3.68. The van der Waals surface area contributed by atoms with Gasteiger partial charge in [-0.15, -0.1) is 5.10 Å². The Labute approximate surface area is 146 Å². The Morgan fingerprint density at radius 1 is 0.960 bits per heavy atom. The Hall–Kier alpha value is -3.35. The lowest BCUT2D eigenvalue weighted by atomic mass is 10.2. The van der Waals surface area contributed by atoms with Gasteiger partial charge in [-0.05, 0) is 36.8 Å². The fraction of sp³-hybridized carbons (Fsp3) is 0.167. The number of benzene rings is 2. The van der Waals surface area contributed by atoms with Crippen LogP contribution in [0.5, 0.6) is 11.5 Å². The fourth-order valence-electron chi connectivity index (χ4n) is 2.32. The van der Waals surface area contributed by atoms with Crippen molar-refractivity contribution < 1.29 is 9.47 Å². The predicted molar refractivity (Wildman–Crippen MR) is 97.1 cm³/mol. The van der Waals surface area contributed by atoms with Crippen molar-refractivity contribution >= 4 is 23.1 Å². The van der Waals surface area contributed by atoms with E-state index in [-0.39, 0.29) is 0 Å². The number of aromatic nitrogens is 3. The number of nitrogens with zero attached hydrogens (tertiary/aromatic N) is 3. The lowest BCUT2D eigenvalue weighted by molar-refractivity contribution is 0.405. The molecule has 0 radical (unpaired) electrons. The monoisotopic (exact) mass is 337 g/mol. The van der Waals surface area contributed by atoms with Crippen molar-refractivity contribution in [3.8, 4) is 11.5 Å². The molecular weight excluding hydrogens is 318 g/mol. The number of hydrogen-bond donors (Lipinski definition) is 2. The summed E-state index contributed by atoms with van der Waals surface area (Å²) in [6.07, 6.45) is 1.57. The summed E-state index contributed by atoms with van der Waals surface area (Å²) in [4.78, 5) is 4.43. The molecule has 128 valence electrons. The van der Waals surface area contributed by atoms with E-state index in [1.165, 1.54) is 0 Å². The van der Waals surface area contributed by atoms with E-state index in [1.807, 2.05) is 49.4 Å². The standard InChI is InChI=1S/C18H19N5O2/c1-12-5-4-6-13(9-12)20-17-11-19-23-18(22-17)21-15-10-14(24-2)7-8-16(15)25-3/h4-11H,1-3H3,(H2,20,21,22,23). The van der Waals surface area contributed by atoms with Crippen molar-refractivity contribution in [2.24, 2.45) is 0 Å². The number of aryl methyl sites for hydroxylation is 1. The topological polar surface area (TPSA) is 81.2 Å². The number of nitrogens with one attached hydrogen (secondary N) is 2. The highest BCUT2D eigenvalue weighted by atomic mass is 16.5. The second-order valence-corrected chi connectivity index (χ2v) is 5.35. The molecule has 0 fully saturated rings. The van der Waals surface area contributed by atoms with Crippen LogP contribution in [-0.4, -0.2) is 29.4 Å². The van der Waals surface area contributed by atoms with Gasteiger partial charge in [0.05, 0.1) is 26.1 Å². The number of hydrogen-bond acceptors (Lipinski definition) is 7. The first kappa shape index (κ1) is 16.5. The van der Waals surface area contributed by atoms with Crippen LogP contribution in [0.2, 0.25) is 0 Å². The first-order chi connectivity index (χ1) is 12.2. The van der Waals surface area contributed by atoms with Crippen LogP contribution in [0.15, 0.2) is 48.7 Å². The lowest BCUT2D eigenvalue weighted by Gasteiger charge is -2.12. The Bertz CT molecular complexity index is 870. The molecule has 1 aromatic heterocycles. The zero-order valence-electron chi connectivity index (χ0n) is 14.3. The molecule has 0 aliphatic carbocycles. The largest absolute Gasteiger partial charge is 0.497 e. The Balaban J connectivity index is 1.82. The van der Waals surface area contributed by atoms with Gasteiger partial charge < -0.3 is 20.1 Å². The third-order valence-electron chi connectivity index (χ3n) is 3.50. The van der Waals surface area contributed by atoms with E-state index in [9.17, 15) is 0 Å². The summed E-state index contributed by atoms with van der Waals surface area (Å²) >= 11 is 0. The van der Waals surface area contributed by atoms with E-state index in [4.69, 9.17) is 9.47 Å². The van der Waals surface area contributed by atoms with Crippen LogP contribution in [0.1, 0.15) is 5.56 Å². The first-order valence-corrected chi connectivity index (χ1v) is 7.70. The van der Waals surface area contributed by atoms with Crippen LogP contribution in [0.3, 0.4) is 0 Å².